The molecule has 0 atom stereocenters. The molecule has 10 heteroatoms. The van der Waals surface area contributed by atoms with Crippen molar-refractivity contribution in [3.8, 4) is 11.3 Å². The lowest BCUT2D eigenvalue weighted by atomic mass is 10.1. The quantitative estimate of drug-likeness (QED) is 0.486. The lowest BCUT2D eigenvalue weighted by Crippen LogP contribution is -2.20. The van der Waals surface area contributed by atoms with Crippen LogP contribution in [-0.2, 0) is 21.2 Å². The lowest BCUT2D eigenvalue weighted by molar-refractivity contribution is -0.117. The fraction of sp³-hybridized carbons (Fsp3) is 0.136. The van der Waals surface area contributed by atoms with E-state index in [0.29, 0.717) is 18.1 Å². The molecule has 1 aliphatic rings. The predicted molar refractivity (Wildman–Crippen MR) is 124 cm³/mol. The van der Waals surface area contributed by atoms with E-state index in [4.69, 9.17) is 0 Å². The minimum absolute atomic E-state index is 0.0689. The molecule has 9 nitrogen and oxygen atoms in total. The van der Waals surface area contributed by atoms with Crippen LogP contribution in [0.3, 0.4) is 0 Å². The number of nitrogens with zero attached hydrogens (tertiary/aromatic N) is 4. The number of amides is 1. The van der Waals surface area contributed by atoms with Crippen LogP contribution in [0.5, 0.6) is 0 Å². The van der Waals surface area contributed by atoms with Gasteiger partial charge >= 0.3 is 0 Å². The molecule has 2 N–H and O–H groups in total. The number of rotatable bonds is 5. The molecule has 0 spiro atoms. The van der Waals surface area contributed by atoms with E-state index in [0.717, 1.165) is 40.0 Å². The summed E-state index contributed by atoms with van der Waals surface area (Å²) >= 11 is 0. The van der Waals surface area contributed by atoms with Crippen molar-refractivity contribution in [2.45, 2.75) is 6.42 Å². The van der Waals surface area contributed by atoms with Gasteiger partial charge in [-0.1, -0.05) is 12.1 Å². The van der Waals surface area contributed by atoms with Gasteiger partial charge in [0.1, 0.15) is 0 Å². The Hall–Kier alpha value is -3.92. The van der Waals surface area contributed by atoms with Crippen LogP contribution in [0.25, 0.3) is 16.8 Å². The Morgan fingerprint density at radius 1 is 1.03 bits per heavy atom. The molecule has 4 aromatic rings. The van der Waals surface area contributed by atoms with Crippen molar-refractivity contribution in [1.29, 1.82) is 0 Å². The van der Waals surface area contributed by atoms with Gasteiger partial charge in [0, 0.05) is 29.7 Å². The second-order valence-corrected chi connectivity index (χ2v) is 9.44. The number of hydrogen-bond donors (Lipinski definition) is 2. The first-order valence-electron chi connectivity index (χ1n) is 9.86. The monoisotopic (exact) mass is 448 g/mol. The maximum atomic E-state index is 11.9. The number of anilines is 4. The number of carbonyl (C=O) groups is 1. The molecule has 5 rings (SSSR count). The Bertz CT molecular complexity index is 1480. The average molecular weight is 449 g/mol. The topological polar surface area (TPSA) is 109 Å². The molecule has 0 unspecified atom stereocenters. The van der Waals surface area contributed by atoms with Crippen molar-refractivity contribution in [3.63, 3.8) is 0 Å². The van der Waals surface area contributed by atoms with E-state index >= 15 is 0 Å². The van der Waals surface area contributed by atoms with E-state index in [-0.39, 0.29) is 5.91 Å². The first-order valence-corrected chi connectivity index (χ1v) is 11.8. The van der Waals surface area contributed by atoms with Crippen LogP contribution in [0.4, 0.5) is 23.0 Å². The lowest BCUT2D eigenvalue weighted by Gasteiger charge is -2.11. The second-order valence-electron chi connectivity index (χ2n) is 7.69. The second kappa shape index (κ2) is 7.34. The third-order valence-corrected chi connectivity index (χ3v) is 5.88. The summed E-state index contributed by atoms with van der Waals surface area (Å²) < 4.78 is 27.4. The Labute approximate surface area is 184 Å². The maximum absolute atomic E-state index is 11.9. The maximum Gasteiger partial charge on any atom is 0.245 e. The third kappa shape index (κ3) is 3.76. The number of nitrogens with one attached hydrogen (secondary N) is 2. The van der Waals surface area contributed by atoms with Crippen molar-refractivity contribution < 1.29 is 13.2 Å². The van der Waals surface area contributed by atoms with Gasteiger partial charge in [-0.15, -0.1) is 5.10 Å². The average Bonchev–Trinajstić information content (AvgIpc) is 3.27. The van der Waals surface area contributed by atoms with Gasteiger partial charge in [-0.2, -0.15) is 0 Å². The molecule has 0 radical (unpaired) electrons. The molecule has 1 amide bonds. The largest absolute Gasteiger partial charge is 0.323 e. The summed E-state index contributed by atoms with van der Waals surface area (Å²) in [6, 6.07) is 16.6. The van der Waals surface area contributed by atoms with Gasteiger partial charge in [0.15, 0.2) is 0 Å². The summed E-state index contributed by atoms with van der Waals surface area (Å²) in [7, 11) is -1.60. The standard InChI is InChI=1S/C22H20N6O3S/c1-27-19-8-6-16(11-15(19)12-21(27)29)24-22-23-13-18-7-9-20(28(18)25-22)14-4-3-5-17(10-14)26-32(2,30)31/h3-11,13,26H,12H2,1-2H3,(H,24,25). The zero-order valence-corrected chi connectivity index (χ0v) is 18.2. The van der Waals surface area contributed by atoms with Crippen LogP contribution in [-0.4, -0.2) is 42.2 Å². The van der Waals surface area contributed by atoms with Crippen molar-refractivity contribution in [2.24, 2.45) is 0 Å². The molecular formula is C22H20N6O3S. The Balaban J connectivity index is 1.47. The summed E-state index contributed by atoms with van der Waals surface area (Å²) in [4.78, 5) is 18.0. The Morgan fingerprint density at radius 2 is 1.88 bits per heavy atom. The molecule has 2 aromatic heterocycles. The SMILES string of the molecule is CN1C(=O)Cc2cc(Nc3ncc4ccc(-c5cccc(NS(C)(=O)=O)c5)n4n3)ccc21. The zero-order valence-electron chi connectivity index (χ0n) is 17.4. The summed E-state index contributed by atoms with van der Waals surface area (Å²) in [6.45, 7) is 0. The van der Waals surface area contributed by atoms with E-state index < -0.39 is 10.0 Å². The fourth-order valence-corrected chi connectivity index (χ4v) is 4.37. The van der Waals surface area contributed by atoms with Crippen LogP contribution in [0.15, 0.2) is 60.8 Å². The number of sulfonamides is 1. The summed E-state index contributed by atoms with van der Waals surface area (Å²) in [5, 5.41) is 7.81. The molecule has 0 fully saturated rings. The van der Waals surface area contributed by atoms with Gasteiger partial charge in [-0.25, -0.2) is 17.9 Å². The molecule has 162 valence electrons. The fourth-order valence-electron chi connectivity index (χ4n) is 3.81. The number of aromatic nitrogens is 3. The van der Waals surface area contributed by atoms with Gasteiger partial charge in [0.05, 0.1) is 30.1 Å². The van der Waals surface area contributed by atoms with E-state index in [2.05, 4.69) is 20.1 Å². The van der Waals surface area contributed by atoms with Crippen molar-refractivity contribution in [3.05, 3.63) is 66.4 Å². The zero-order chi connectivity index (χ0) is 22.5. The van der Waals surface area contributed by atoms with E-state index in [1.807, 2.05) is 36.4 Å². The summed E-state index contributed by atoms with van der Waals surface area (Å²) in [6.07, 6.45) is 3.20. The van der Waals surface area contributed by atoms with Crippen molar-refractivity contribution >= 4 is 44.5 Å². The first-order chi connectivity index (χ1) is 15.3. The molecule has 1 aliphatic heterocycles. The van der Waals surface area contributed by atoms with E-state index in [9.17, 15) is 13.2 Å². The number of benzene rings is 2. The highest BCUT2D eigenvalue weighted by Crippen LogP contribution is 2.31. The summed E-state index contributed by atoms with van der Waals surface area (Å²) in [5.41, 5.74) is 5.54. The number of carbonyl (C=O) groups excluding carboxylic acids is 1. The van der Waals surface area contributed by atoms with Gasteiger partial charge in [-0.05, 0) is 48.0 Å². The molecule has 0 saturated carbocycles. The van der Waals surface area contributed by atoms with Crippen LogP contribution in [0.2, 0.25) is 0 Å². The Morgan fingerprint density at radius 3 is 2.69 bits per heavy atom. The summed E-state index contributed by atoms with van der Waals surface area (Å²) in [5.74, 6) is 0.470. The highest BCUT2D eigenvalue weighted by Gasteiger charge is 2.24. The van der Waals surface area contributed by atoms with Crippen LogP contribution in [0, 0.1) is 0 Å². The van der Waals surface area contributed by atoms with E-state index in [1.165, 1.54) is 0 Å². The van der Waals surface area contributed by atoms with Gasteiger partial charge < -0.3 is 10.2 Å². The van der Waals surface area contributed by atoms with Crippen LogP contribution >= 0.6 is 0 Å². The molecule has 0 aliphatic carbocycles. The van der Waals surface area contributed by atoms with Gasteiger partial charge in [-0.3, -0.25) is 9.52 Å². The third-order valence-electron chi connectivity index (χ3n) is 5.27. The number of likely N-dealkylation sites (N-methyl/N-ethyl adjacent to an activating group) is 1. The molecule has 2 aromatic carbocycles. The molecular weight excluding hydrogens is 428 g/mol. The number of fused-ring (bicyclic) bond motifs is 2. The van der Waals surface area contributed by atoms with Gasteiger partial charge in [0.2, 0.25) is 21.9 Å². The van der Waals surface area contributed by atoms with E-state index in [1.54, 1.807) is 40.9 Å². The highest BCUT2D eigenvalue weighted by atomic mass is 32.2. The molecule has 0 bridgehead atoms. The van der Waals surface area contributed by atoms with Crippen LogP contribution in [0.1, 0.15) is 5.56 Å². The molecule has 0 saturated heterocycles. The van der Waals surface area contributed by atoms with Crippen molar-refractivity contribution in [2.75, 3.05) is 28.2 Å². The predicted octanol–water partition coefficient (Wildman–Crippen LogP) is 3.03. The van der Waals surface area contributed by atoms with Crippen molar-refractivity contribution in [1.82, 2.24) is 14.6 Å². The minimum Gasteiger partial charge on any atom is -0.323 e. The molecule has 3 heterocycles. The van der Waals surface area contributed by atoms with Gasteiger partial charge in [0.25, 0.3) is 0 Å². The van der Waals surface area contributed by atoms with Crippen LogP contribution < -0.4 is 14.9 Å². The minimum atomic E-state index is -3.37. The highest BCUT2D eigenvalue weighted by molar-refractivity contribution is 7.92. The normalized spacial score (nSPS) is 13.4. The molecule has 32 heavy (non-hydrogen) atoms. The Kier molecular flexibility index (Phi) is 4.59. The first kappa shape index (κ1) is 20.0. The smallest absolute Gasteiger partial charge is 0.245 e. The number of hydrogen-bond acceptors (Lipinski definition) is 6.